The normalized spacial score (nSPS) is 12.2. The Labute approximate surface area is 111 Å². The molecule has 1 N–H and O–H groups in total. The second kappa shape index (κ2) is 5.85. The molecule has 0 aromatic heterocycles. The molecule has 1 aromatic rings. The van der Waals surface area contributed by atoms with Gasteiger partial charge in [0.15, 0.2) is 0 Å². The van der Waals surface area contributed by atoms with E-state index < -0.39 is 0 Å². The van der Waals surface area contributed by atoms with Crippen LogP contribution < -0.4 is 5.43 Å². The predicted octanol–water partition coefficient (Wildman–Crippen LogP) is 4.78. The largest absolute Gasteiger partial charge is 0.278 e. The van der Waals surface area contributed by atoms with Crippen LogP contribution in [0.1, 0.15) is 40.2 Å². The van der Waals surface area contributed by atoms with Crippen molar-refractivity contribution in [3.63, 3.8) is 0 Å². The van der Waals surface area contributed by atoms with Crippen molar-refractivity contribution in [1.82, 2.24) is 0 Å². The van der Waals surface area contributed by atoms with Crippen LogP contribution in [0.25, 0.3) is 0 Å². The molecule has 0 bridgehead atoms. The Morgan fingerprint density at radius 1 is 1.22 bits per heavy atom. The molecule has 0 saturated carbocycles. The molecule has 1 rings (SSSR count). The summed E-state index contributed by atoms with van der Waals surface area (Å²) in [5.74, 6) is 0. The van der Waals surface area contributed by atoms with Gasteiger partial charge in [0.25, 0.3) is 0 Å². The molecule has 2 nitrogen and oxygen atoms in total. The molecular formula is C16H24N2. The number of hydrazone groups is 1. The minimum absolute atomic E-state index is 0.0358. The first-order chi connectivity index (χ1) is 8.29. The van der Waals surface area contributed by atoms with Crippen molar-refractivity contribution in [3.05, 3.63) is 41.5 Å². The highest BCUT2D eigenvalue weighted by molar-refractivity contribution is 5.99. The third-order valence-corrected chi connectivity index (χ3v) is 2.52. The number of nitrogens with zero attached hydrogens (tertiary/aromatic N) is 1. The Bertz CT molecular complexity index is 458. The van der Waals surface area contributed by atoms with Gasteiger partial charge in [-0.15, -0.1) is 0 Å². The summed E-state index contributed by atoms with van der Waals surface area (Å²) < 4.78 is 0. The van der Waals surface area contributed by atoms with Gasteiger partial charge in [-0.05, 0) is 44.5 Å². The molecule has 18 heavy (non-hydrogen) atoms. The van der Waals surface area contributed by atoms with Gasteiger partial charge < -0.3 is 0 Å². The van der Waals surface area contributed by atoms with Crippen LogP contribution in [0.3, 0.4) is 0 Å². The van der Waals surface area contributed by atoms with E-state index >= 15 is 0 Å². The van der Waals surface area contributed by atoms with Gasteiger partial charge in [-0.2, -0.15) is 5.10 Å². The lowest BCUT2D eigenvalue weighted by molar-refractivity contribution is 0.592. The van der Waals surface area contributed by atoms with Gasteiger partial charge in [0, 0.05) is 5.41 Å². The first kappa shape index (κ1) is 14.5. The Balaban J connectivity index is 2.94. The van der Waals surface area contributed by atoms with Crippen molar-refractivity contribution in [2.75, 3.05) is 5.43 Å². The number of benzene rings is 1. The quantitative estimate of drug-likeness (QED) is 0.601. The van der Waals surface area contributed by atoms with Crippen molar-refractivity contribution in [3.8, 4) is 0 Å². The summed E-state index contributed by atoms with van der Waals surface area (Å²) >= 11 is 0. The Hall–Kier alpha value is -1.57. The summed E-state index contributed by atoms with van der Waals surface area (Å²) in [6.07, 6.45) is 2.13. The van der Waals surface area contributed by atoms with Gasteiger partial charge in [-0.25, -0.2) is 0 Å². The van der Waals surface area contributed by atoms with Crippen LogP contribution in [0.4, 0.5) is 5.69 Å². The Kier molecular flexibility index (Phi) is 4.71. The minimum Gasteiger partial charge on any atom is -0.278 e. The highest BCUT2D eigenvalue weighted by Gasteiger charge is 2.16. The maximum absolute atomic E-state index is 4.54. The lowest BCUT2D eigenvalue weighted by Crippen LogP contribution is -2.19. The van der Waals surface area contributed by atoms with Crippen molar-refractivity contribution in [1.29, 1.82) is 0 Å². The number of aryl methyl sites for hydroxylation is 1. The molecule has 1 aromatic carbocycles. The summed E-state index contributed by atoms with van der Waals surface area (Å²) in [6, 6.07) is 8.23. The molecule has 0 fully saturated rings. The lowest BCUT2D eigenvalue weighted by atomic mass is 9.89. The molecule has 0 spiro atoms. The van der Waals surface area contributed by atoms with E-state index in [0.29, 0.717) is 0 Å². The zero-order chi connectivity index (χ0) is 13.8. The van der Waals surface area contributed by atoms with E-state index in [9.17, 15) is 0 Å². The Morgan fingerprint density at radius 2 is 1.89 bits per heavy atom. The number of allylic oxidation sites excluding steroid dienone is 2. The van der Waals surface area contributed by atoms with Crippen LogP contribution in [0.5, 0.6) is 0 Å². The standard InChI is InChI=1S/C16H24N2/c1-12(2)10-15(16(4,5)6)18-17-14-9-7-8-13(3)11-14/h7-11,17H,1-6H3/b18-15+. The van der Waals surface area contributed by atoms with Crippen molar-refractivity contribution >= 4 is 11.4 Å². The summed E-state index contributed by atoms with van der Waals surface area (Å²) in [7, 11) is 0. The molecule has 0 aliphatic heterocycles. The number of anilines is 1. The van der Waals surface area contributed by atoms with Crippen LogP contribution in [0, 0.1) is 12.3 Å². The fourth-order valence-corrected chi connectivity index (χ4v) is 1.53. The second-order valence-corrected chi connectivity index (χ2v) is 5.95. The van der Waals surface area contributed by atoms with Gasteiger partial charge in [0.1, 0.15) is 0 Å². The molecule has 2 heteroatoms. The molecule has 0 aliphatic rings. The van der Waals surface area contributed by atoms with E-state index in [4.69, 9.17) is 0 Å². The zero-order valence-corrected chi connectivity index (χ0v) is 12.3. The molecule has 0 saturated heterocycles. The molecule has 0 heterocycles. The van der Waals surface area contributed by atoms with E-state index in [0.717, 1.165) is 11.4 Å². The third-order valence-electron chi connectivity index (χ3n) is 2.52. The van der Waals surface area contributed by atoms with Crippen LogP contribution in [-0.2, 0) is 0 Å². The van der Waals surface area contributed by atoms with Crippen LogP contribution in [-0.4, -0.2) is 5.71 Å². The maximum atomic E-state index is 4.54. The fourth-order valence-electron chi connectivity index (χ4n) is 1.53. The van der Waals surface area contributed by atoms with E-state index in [2.05, 4.69) is 70.3 Å². The summed E-state index contributed by atoms with van der Waals surface area (Å²) in [5, 5.41) is 4.54. The molecule has 0 aliphatic carbocycles. The summed E-state index contributed by atoms with van der Waals surface area (Å²) in [6.45, 7) is 12.8. The number of rotatable bonds is 3. The van der Waals surface area contributed by atoms with Crippen molar-refractivity contribution in [2.45, 2.75) is 41.5 Å². The van der Waals surface area contributed by atoms with Gasteiger partial charge in [0.05, 0.1) is 11.4 Å². The monoisotopic (exact) mass is 244 g/mol. The van der Waals surface area contributed by atoms with E-state index in [-0.39, 0.29) is 5.41 Å². The smallest absolute Gasteiger partial charge is 0.0659 e. The molecule has 0 amide bonds. The number of nitrogens with one attached hydrogen (secondary N) is 1. The average molecular weight is 244 g/mol. The summed E-state index contributed by atoms with van der Waals surface area (Å²) in [5.41, 5.74) is 7.75. The summed E-state index contributed by atoms with van der Waals surface area (Å²) in [4.78, 5) is 0. The highest BCUT2D eigenvalue weighted by Crippen LogP contribution is 2.19. The molecule has 0 unspecified atom stereocenters. The molecule has 0 atom stereocenters. The van der Waals surface area contributed by atoms with E-state index in [1.807, 2.05) is 12.1 Å². The van der Waals surface area contributed by atoms with Crippen molar-refractivity contribution < 1.29 is 0 Å². The molecule has 0 radical (unpaired) electrons. The lowest BCUT2D eigenvalue weighted by Gasteiger charge is -2.19. The number of hydrogen-bond donors (Lipinski definition) is 1. The van der Waals surface area contributed by atoms with Gasteiger partial charge in [-0.1, -0.05) is 38.5 Å². The first-order valence-electron chi connectivity index (χ1n) is 6.35. The predicted molar refractivity (Wildman–Crippen MR) is 81.1 cm³/mol. The van der Waals surface area contributed by atoms with E-state index in [1.165, 1.54) is 11.1 Å². The van der Waals surface area contributed by atoms with Crippen LogP contribution >= 0.6 is 0 Å². The molecule has 98 valence electrons. The topological polar surface area (TPSA) is 24.4 Å². The van der Waals surface area contributed by atoms with Crippen molar-refractivity contribution in [2.24, 2.45) is 10.5 Å². The van der Waals surface area contributed by atoms with E-state index in [1.54, 1.807) is 0 Å². The SMILES string of the molecule is CC(C)=C/C(=N\Nc1cccc(C)c1)C(C)(C)C. The van der Waals surface area contributed by atoms with Gasteiger partial charge in [-0.3, -0.25) is 5.43 Å². The van der Waals surface area contributed by atoms with Gasteiger partial charge >= 0.3 is 0 Å². The second-order valence-electron chi connectivity index (χ2n) is 5.95. The van der Waals surface area contributed by atoms with Gasteiger partial charge in [0.2, 0.25) is 0 Å². The maximum Gasteiger partial charge on any atom is 0.0659 e. The minimum atomic E-state index is 0.0358. The Morgan fingerprint density at radius 3 is 2.39 bits per heavy atom. The average Bonchev–Trinajstić information content (AvgIpc) is 2.22. The first-order valence-corrected chi connectivity index (χ1v) is 6.35. The van der Waals surface area contributed by atoms with Crippen LogP contribution in [0.15, 0.2) is 41.0 Å². The van der Waals surface area contributed by atoms with Crippen LogP contribution in [0.2, 0.25) is 0 Å². The molecular weight excluding hydrogens is 220 g/mol. The zero-order valence-electron chi connectivity index (χ0n) is 12.3. The highest BCUT2D eigenvalue weighted by atomic mass is 15.3. The number of hydrogen-bond acceptors (Lipinski definition) is 2. The fraction of sp³-hybridized carbons (Fsp3) is 0.438. The third kappa shape index (κ3) is 4.74.